The molecule has 1 aromatic carbocycles. The van der Waals surface area contributed by atoms with E-state index in [2.05, 4.69) is 49.0 Å². The second-order valence-electron chi connectivity index (χ2n) is 8.99. The Labute approximate surface area is 208 Å². The van der Waals surface area contributed by atoms with E-state index in [1.54, 1.807) is 13.1 Å². The van der Waals surface area contributed by atoms with Crippen molar-refractivity contribution >= 4 is 17.6 Å². The van der Waals surface area contributed by atoms with Crippen molar-refractivity contribution in [2.75, 3.05) is 18.0 Å². The zero-order valence-electron chi connectivity index (χ0n) is 20.3. The van der Waals surface area contributed by atoms with Crippen molar-refractivity contribution in [1.82, 2.24) is 20.4 Å². The second kappa shape index (κ2) is 11.0. The quantitative estimate of drug-likeness (QED) is 0.447. The van der Waals surface area contributed by atoms with Crippen LogP contribution in [-0.4, -0.2) is 45.0 Å². The second-order valence-corrected chi connectivity index (χ2v) is 8.99. The number of aromatic nitrogens is 3. The van der Waals surface area contributed by atoms with Crippen molar-refractivity contribution in [3.05, 3.63) is 81.3 Å². The van der Waals surface area contributed by atoms with Crippen LogP contribution in [0.5, 0.6) is 5.75 Å². The molecule has 0 atom stereocenters. The van der Waals surface area contributed by atoms with E-state index < -0.39 is 11.9 Å². The van der Waals surface area contributed by atoms with Gasteiger partial charge < -0.3 is 19.8 Å². The first-order valence-corrected chi connectivity index (χ1v) is 11.8. The fraction of sp³-hybridized carbons (Fsp3) is 0.346. The molecule has 1 amide bonds. The molecule has 3 heterocycles. The lowest BCUT2D eigenvalue weighted by Crippen LogP contribution is -2.34. The minimum absolute atomic E-state index is 0.102. The molecule has 0 bridgehead atoms. The Kier molecular flexibility index (Phi) is 7.62. The number of benzene rings is 1. The Hall–Kier alpha value is -4.21. The Morgan fingerprint density at radius 3 is 2.44 bits per heavy atom. The summed E-state index contributed by atoms with van der Waals surface area (Å²) < 4.78 is 0. The number of carbonyl (C=O) groups excluding carboxylic acids is 2. The van der Waals surface area contributed by atoms with E-state index in [1.165, 1.54) is 17.3 Å². The average Bonchev–Trinajstić information content (AvgIpc) is 2.87. The van der Waals surface area contributed by atoms with Gasteiger partial charge in [-0.1, -0.05) is 18.2 Å². The standard InChI is InChI=1S/C26H29N5O5/c1-16-25(34)24(26(35)30-36-17(2)32)29-22(28-16)14-19-9-11-31(12-10-19)21-6-3-18(4-7-21)13-20-5-8-23(33)27-15-20/h3-8,15,19,34H,9-14H2,1-2H3,(H,27,33)(H,30,35). The molecular formula is C26H29N5O5. The van der Waals surface area contributed by atoms with E-state index in [0.717, 1.165) is 44.8 Å². The third-order valence-electron chi connectivity index (χ3n) is 6.25. The van der Waals surface area contributed by atoms with E-state index in [1.807, 2.05) is 11.5 Å². The minimum Gasteiger partial charge on any atom is -0.504 e. The highest BCUT2D eigenvalue weighted by molar-refractivity contribution is 5.94. The largest absolute Gasteiger partial charge is 0.504 e. The van der Waals surface area contributed by atoms with Crippen LogP contribution in [0.1, 0.15) is 52.9 Å². The number of pyridine rings is 1. The Morgan fingerprint density at radius 1 is 1.11 bits per heavy atom. The van der Waals surface area contributed by atoms with Crippen LogP contribution in [0.2, 0.25) is 0 Å². The van der Waals surface area contributed by atoms with Crippen molar-refractivity contribution < 1.29 is 19.5 Å². The number of piperidine rings is 1. The molecule has 4 rings (SSSR count). The molecule has 1 saturated heterocycles. The molecule has 0 saturated carbocycles. The van der Waals surface area contributed by atoms with Crippen molar-refractivity contribution in [3.63, 3.8) is 0 Å². The average molecular weight is 492 g/mol. The smallest absolute Gasteiger partial charge is 0.329 e. The van der Waals surface area contributed by atoms with Crippen LogP contribution in [0.4, 0.5) is 5.69 Å². The summed E-state index contributed by atoms with van der Waals surface area (Å²) in [5, 5.41) is 10.2. The fourth-order valence-corrected chi connectivity index (χ4v) is 4.31. The number of rotatable bonds is 6. The lowest BCUT2D eigenvalue weighted by atomic mass is 9.92. The van der Waals surface area contributed by atoms with Gasteiger partial charge in [0.2, 0.25) is 5.56 Å². The molecule has 1 aliphatic heterocycles. The van der Waals surface area contributed by atoms with Crippen LogP contribution < -0.4 is 15.9 Å². The SMILES string of the molecule is CC(=O)ONC(=O)c1nc(CC2CCN(c3ccc(Cc4ccc(=O)[nH]c4)cc3)CC2)nc(C)c1O. The van der Waals surface area contributed by atoms with Crippen LogP contribution in [0.15, 0.2) is 47.4 Å². The third kappa shape index (κ3) is 6.26. The number of nitrogens with zero attached hydrogens (tertiary/aromatic N) is 3. The van der Waals surface area contributed by atoms with Crippen molar-refractivity contribution in [2.45, 2.75) is 39.5 Å². The van der Waals surface area contributed by atoms with Crippen molar-refractivity contribution in [2.24, 2.45) is 5.92 Å². The lowest BCUT2D eigenvalue weighted by molar-refractivity contribution is -0.146. The predicted octanol–water partition coefficient (Wildman–Crippen LogP) is 2.44. The van der Waals surface area contributed by atoms with Gasteiger partial charge in [-0.25, -0.2) is 9.97 Å². The summed E-state index contributed by atoms with van der Waals surface area (Å²) in [6.07, 6.45) is 4.97. The first kappa shape index (κ1) is 24.9. The van der Waals surface area contributed by atoms with Gasteiger partial charge in [0.1, 0.15) is 5.82 Å². The van der Waals surface area contributed by atoms with Gasteiger partial charge in [0, 0.05) is 44.4 Å². The zero-order chi connectivity index (χ0) is 25.7. The van der Waals surface area contributed by atoms with E-state index in [4.69, 9.17) is 0 Å². The van der Waals surface area contributed by atoms with Gasteiger partial charge in [0.05, 0.1) is 5.69 Å². The molecule has 3 aromatic rings. The Balaban J connectivity index is 1.33. The number of hydrogen-bond donors (Lipinski definition) is 3. The number of amides is 1. The summed E-state index contributed by atoms with van der Waals surface area (Å²) in [7, 11) is 0. The number of anilines is 1. The number of carbonyl (C=O) groups is 2. The Morgan fingerprint density at radius 2 is 1.81 bits per heavy atom. The van der Waals surface area contributed by atoms with Gasteiger partial charge in [-0.15, -0.1) is 0 Å². The maximum absolute atomic E-state index is 12.2. The summed E-state index contributed by atoms with van der Waals surface area (Å²) in [4.78, 5) is 52.6. The summed E-state index contributed by atoms with van der Waals surface area (Å²) in [6.45, 7) is 4.54. The molecule has 1 aliphatic rings. The van der Waals surface area contributed by atoms with Crippen LogP contribution in [0.3, 0.4) is 0 Å². The fourth-order valence-electron chi connectivity index (χ4n) is 4.31. The van der Waals surface area contributed by atoms with Gasteiger partial charge in [0.25, 0.3) is 0 Å². The number of aromatic amines is 1. The molecule has 0 spiro atoms. The van der Waals surface area contributed by atoms with E-state index in [0.29, 0.717) is 23.9 Å². The van der Waals surface area contributed by atoms with Gasteiger partial charge in [-0.2, -0.15) is 5.48 Å². The molecule has 188 valence electrons. The van der Waals surface area contributed by atoms with Crippen LogP contribution >= 0.6 is 0 Å². The normalized spacial score (nSPS) is 13.9. The molecule has 0 unspecified atom stereocenters. The van der Waals surface area contributed by atoms with Crippen LogP contribution in [0.25, 0.3) is 0 Å². The van der Waals surface area contributed by atoms with Crippen LogP contribution in [0, 0.1) is 12.8 Å². The van der Waals surface area contributed by atoms with Crippen molar-refractivity contribution in [3.8, 4) is 5.75 Å². The molecule has 36 heavy (non-hydrogen) atoms. The zero-order valence-corrected chi connectivity index (χ0v) is 20.3. The van der Waals surface area contributed by atoms with Crippen LogP contribution in [-0.2, 0) is 22.5 Å². The highest BCUT2D eigenvalue weighted by Gasteiger charge is 2.24. The van der Waals surface area contributed by atoms with E-state index >= 15 is 0 Å². The highest BCUT2D eigenvalue weighted by Crippen LogP contribution is 2.27. The highest BCUT2D eigenvalue weighted by atomic mass is 16.7. The third-order valence-corrected chi connectivity index (χ3v) is 6.25. The van der Waals surface area contributed by atoms with Gasteiger partial charge in [-0.3, -0.25) is 14.4 Å². The first-order chi connectivity index (χ1) is 17.3. The number of aromatic hydroxyl groups is 1. The molecule has 0 aliphatic carbocycles. The molecule has 1 fully saturated rings. The minimum atomic E-state index is -0.798. The van der Waals surface area contributed by atoms with Gasteiger partial charge >= 0.3 is 11.9 Å². The summed E-state index contributed by atoms with van der Waals surface area (Å²) in [6, 6.07) is 11.9. The molecule has 0 radical (unpaired) electrons. The predicted molar refractivity (Wildman–Crippen MR) is 133 cm³/mol. The molecule has 3 N–H and O–H groups in total. The van der Waals surface area contributed by atoms with Crippen molar-refractivity contribution in [1.29, 1.82) is 0 Å². The maximum atomic E-state index is 12.2. The molecule has 10 heteroatoms. The summed E-state index contributed by atoms with van der Waals surface area (Å²) in [5.41, 5.74) is 5.37. The summed E-state index contributed by atoms with van der Waals surface area (Å²) in [5.74, 6) is -0.989. The topological polar surface area (TPSA) is 138 Å². The van der Waals surface area contributed by atoms with Gasteiger partial charge in [0.15, 0.2) is 11.4 Å². The summed E-state index contributed by atoms with van der Waals surface area (Å²) >= 11 is 0. The Bertz CT molecular complexity index is 1280. The molecule has 2 aromatic heterocycles. The van der Waals surface area contributed by atoms with Gasteiger partial charge in [-0.05, 0) is 55.4 Å². The molecular weight excluding hydrogens is 462 g/mol. The number of hydroxylamine groups is 1. The first-order valence-electron chi connectivity index (χ1n) is 11.8. The number of aryl methyl sites for hydroxylation is 1. The maximum Gasteiger partial charge on any atom is 0.329 e. The van der Waals surface area contributed by atoms with E-state index in [-0.39, 0.29) is 17.0 Å². The number of hydrogen-bond acceptors (Lipinski definition) is 8. The monoisotopic (exact) mass is 491 g/mol. The number of H-pyrrole nitrogens is 1. The van der Waals surface area contributed by atoms with E-state index in [9.17, 15) is 19.5 Å². The lowest BCUT2D eigenvalue weighted by Gasteiger charge is -2.33. The number of nitrogens with one attached hydrogen (secondary N) is 2. The molecule has 10 nitrogen and oxygen atoms in total.